The number of ether oxygens (including phenoxy) is 1. The van der Waals surface area contributed by atoms with Gasteiger partial charge in [0.15, 0.2) is 0 Å². The number of hydrogen-bond acceptors (Lipinski definition) is 3. The van der Waals surface area contributed by atoms with E-state index in [4.69, 9.17) is 16.3 Å². The van der Waals surface area contributed by atoms with Gasteiger partial charge in [0.1, 0.15) is 10.8 Å². The fraction of sp³-hybridized carbons (Fsp3) is 0.158. The van der Waals surface area contributed by atoms with Gasteiger partial charge in [-0.3, -0.25) is 9.59 Å². The van der Waals surface area contributed by atoms with Crippen LogP contribution in [0, 0.1) is 0 Å². The van der Waals surface area contributed by atoms with Crippen molar-refractivity contribution < 1.29 is 14.3 Å². The fourth-order valence-corrected chi connectivity index (χ4v) is 3.09. The van der Waals surface area contributed by atoms with Crippen molar-refractivity contribution in [2.45, 2.75) is 20.0 Å². The molecule has 4 nitrogen and oxygen atoms in total. The number of amides is 2. The van der Waals surface area contributed by atoms with Crippen LogP contribution in [0.4, 0.5) is 5.69 Å². The van der Waals surface area contributed by atoms with Gasteiger partial charge in [-0.15, -0.1) is 0 Å². The molecule has 0 saturated carbocycles. The molecule has 1 aliphatic rings. The van der Waals surface area contributed by atoms with Crippen LogP contribution in [0.2, 0.25) is 0 Å². The van der Waals surface area contributed by atoms with Gasteiger partial charge in [-0.2, -0.15) is 0 Å². The summed E-state index contributed by atoms with van der Waals surface area (Å²) in [4.78, 5) is 26.4. The summed E-state index contributed by atoms with van der Waals surface area (Å²) < 4.78 is 6.45. The van der Waals surface area contributed by atoms with Crippen molar-refractivity contribution in [3.63, 3.8) is 0 Å². The lowest BCUT2D eigenvalue weighted by Crippen LogP contribution is -2.31. The highest BCUT2D eigenvalue weighted by Crippen LogP contribution is 2.35. The topological polar surface area (TPSA) is 46.6 Å². The Morgan fingerprint density at radius 2 is 1.56 bits per heavy atom. The van der Waals surface area contributed by atoms with E-state index in [9.17, 15) is 9.59 Å². The van der Waals surface area contributed by atoms with Gasteiger partial charge in [0.2, 0.25) is 0 Å². The number of hydrogen-bond donors (Lipinski definition) is 0. The molecule has 6 heteroatoms. The minimum absolute atomic E-state index is 0.0521. The molecule has 0 saturated heterocycles. The first-order valence-electron chi connectivity index (χ1n) is 7.69. The molecule has 0 aliphatic carbocycles. The Morgan fingerprint density at radius 1 is 0.960 bits per heavy atom. The first kappa shape index (κ1) is 17.7. The summed E-state index contributed by atoms with van der Waals surface area (Å²) in [6.07, 6.45) is 0.0521. The summed E-state index contributed by atoms with van der Waals surface area (Å²) in [6.45, 7) is 3.87. The van der Waals surface area contributed by atoms with Crippen molar-refractivity contribution in [2.75, 3.05) is 4.90 Å². The molecule has 2 amide bonds. The molecule has 2 aromatic carbocycles. The molecule has 0 spiro atoms. The lowest BCUT2D eigenvalue weighted by molar-refractivity contribution is -0.119. The molecule has 1 aliphatic heterocycles. The monoisotopic (exact) mass is 419 g/mol. The van der Waals surface area contributed by atoms with Gasteiger partial charge in [-0.25, -0.2) is 4.90 Å². The molecular formula is C19H15BrClNO3. The van der Waals surface area contributed by atoms with Gasteiger partial charge in [0, 0.05) is 4.47 Å². The summed E-state index contributed by atoms with van der Waals surface area (Å²) in [5, 5.41) is -0.0783. The molecular weight excluding hydrogens is 406 g/mol. The SMILES string of the molecule is CC(C)Oc1ccc(C2=C(Cl)C(=O)N(c3ccc(Br)cc3)C2=O)cc1. The highest BCUT2D eigenvalue weighted by molar-refractivity contribution is 9.10. The first-order valence-corrected chi connectivity index (χ1v) is 8.87. The van der Waals surface area contributed by atoms with Gasteiger partial charge in [-0.05, 0) is 55.8 Å². The number of carbonyl (C=O) groups excluding carboxylic acids is 2. The number of halogens is 2. The summed E-state index contributed by atoms with van der Waals surface area (Å²) in [5.41, 5.74) is 1.26. The highest BCUT2D eigenvalue weighted by Gasteiger charge is 2.39. The van der Waals surface area contributed by atoms with Crippen molar-refractivity contribution in [3.8, 4) is 5.75 Å². The number of benzene rings is 2. The summed E-state index contributed by atoms with van der Waals surface area (Å²) in [6, 6.07) is 13.9. The minimum atomic E-state index is -0.522. The Kier molecular flexibility index (Phi) is 4.97. The number of imide groups is 1. The lowest BCUT2D eigenvalue weighted by Gasteiger charge is -2.15. The second-order valence-electron chi connectivity index (χ2n) is 5.80. The Morgan fingerprint density at radius 3 is 2.12 bits per heavy atom. The van der Waals surface area contributed by atoms with Crippen LogP contribution in [0.15, 0.2) is 58.0 Å². The van der Waals surface area contributed by atoms with E-state index in [2.05, 4.69) is 15.9 Å². The summed E-state index contributed by atoms with van der Waals surface area (Å²) in [7, 11) is 0. The van der Waals surface area contributed by atoms with Crippen molar-refractivity contribution in [1.29, 1.82) is 0 Å². The van der Waals surface area contributed by atoms with Gasteiger partial charge in [-0.1, -0.05) is 39.7 Å². The fourth-order valence-electron chi connectivity index (χ4n) is 2.55. The summed E-state index contributed by atoms with van der Waals surface area (Å²) >= 11 is 9.52. The molecule has 2 aromatic rings. The van der Waals surface area contributed by atoms with Crippen molar-refractivity contribution in [1.82, 2.24) is 0 Å². The van der Waals surface area contributed by atoms with Gasteiger partial charge in [0.05, 0.1) is 17.4 Å². The molecule has 25 heavy (non-hydrogen) atoms. The number of rotatable bonds is 4. The van der Waals surface area contributed by atoms with Crippen LogP contribution in [0.25, 0.3) is 5.57 Å². The predicted molar refractivity (Wildman–Crippen MR) is 102 cm³/mol. The Balaban J connectivity index is 1.93. The smallest absolute Gasteiger partial charge is 0.277 e. The molecule has 0 aromatic heterocycles. The zero-order valence-electron chi connectivity index (χ0n) is 13.6. The maximum absolute atomic E-state index is 12.8. The average Bonchev–Trinajstić information content (AvgIpc) is 2.79. The van der Waals surface area contributed by atoms with Crippen LogP contribution in [-0.4, -0.2) is 17.9 Å². The van der Waals surface area contributed by atoms with Crippen LogP contribution in [0.5, 0.6) is 5.75 Å². The molecule has 128 valence electrons. The van der Waals surface area contributed by atoms with E-state index in [1.54, 1.807) is 48.5 Å². The van der Waals surface area contributed by atoms with E-state index in [-0.39, 0.29) is 16.7 Å². The number of anilines is 1. The zero-order chi connectivity index (χ0) is 18.1. The van der Waals surface area contributed by atoms with Crippen LogP contribution in [0.1, 0.15) is 19.4 Å². The second-order valence-corrected chi connectivity index (χ2v) is 7.10. The second kappa shape index (κ2) is 7.02. The highest BCUT2D eigenvalue weighted by atomic mass is 79.9. The van der Waals surface area contributed by atoms with Crippen molar-refractivity contribution >= 4 is 50.6 Å². The molecule has 0 radical (unpaired) electrons. The molecule has 0 N–H and O–H groups in total. The third-order valence-electron chi connectivity index (χ3n) is 3.63. The Hall–Kier alpha value is -2.11. The molecule has 0 atom stereocenters. The maximum atomic E-state index is 12.8. The predicted octanol–water partition coefficient (Wildman–Crippen LogP) is 4.76. The van der Waals surface area contributed by atoms with E-state index in [1.807, 2.05) is 13.8 Å². The van der Waals surface area contributed by atoms with Gasteiger partial charge < -0.3 is 4.74 Å². The van der Waals surface area contributed by atoms with Crippen LogP contribution >= 0.6 is 27.5 Å². The zero-order valence-corrected chi connectivity index (χ0v) is 16.0. The third-order valence-corrected chi connectivity index (χ3v) is 4.51. The van der Waals surface area contributed by atoms with Crippen LogP contribution in [-0.2, 0) is 9.59 Å². The molecule has 1 heterocycles. The molecule has 0 unspecified atom stereocenters. The van der Waals surface area contributed by atoms with E-state index in [0.717, 1.165) is 9.37 Å². The third kappa shape index (κ3) is 3.48. The van der Waals surface area contributed by atoms with E-state index in [0.29, 0.717) is 17.0 Å². The van der Waals surface area contributed by atoms with Gasteiger partial charge >= 0.3 is 0 Å². The molecule has 0 bridgehead atoms. The summed E-state index contributed by atoms with van der Waals surface area (Å²) in [5.74, 6) is -0.265. The van der Waals surface area contributed by atoms with E-state index < -0.39 is 11.8 Å². The lowest BCUT2D eigenvalue weighted by atomic mass is 10.1. The first-order chi connectivity index (χ1) is 11.9. The largest absolute Gasteiger partial charge is 0.491 e. The molecule has 0 fully saturated rings. The normalized spacial score (nSPS) is 14.7. The van der Waals surface area contributed by atoms with E-state index >= 15 is 0 Å². The van der Waals surface area contributed by atoms with Crippen LogP contribution in [0.3, 0.4) is 0 Å². The van der Waals surface area contributed by atoms with Crippen molar-refractivity contribution in [2.24, 2.45) is 0 Å². The molecule has 3 rings (SSSR count). The van der Waals surface area contributed by atoms with E-state index in [1.165, 1.54) is 0 Å². The average molecular weight is 421 g/mol. The maximum Gasteiger partial charge on any atom is 0.277 e. The number of carbonyl (C=O) groups is 2. The standard InChI is InChI=1S/C19H15BrClNO3/c1-11(2)25-15-9-3-12(4-10-15)16-17(21)19(24)22(18(16)23)14-7-5-13(20)6-8-14/h3-11H,1-2H3. The Labute approximate surface area is 159 Å². The quantitative estimate of drug-likeness (QED) is 0.670. The number of nitrogens with zero attached hydrogens (tertiary/aromatic N) is 1. The van der Waals surface area contributed by atoms with Gasteiger partial charge in [0.25, 0.3) is 11.8 Å². The van der Waals surface area contributed by atoms with Crippen molar-refractivity contribution in [3.05, 3.63) is 63.6 Å². The van der Waals surface area contributed by atoms with Crippen LogP contribution < -0.4 is 9.64 Å². The minimum Gasteiger partial charge on any atom is -0.491 e. The Bertz CT molecular complexity index is 857.